The summed E-state index contributed by atoms with van der Waals surface area (Å²) in [7, 11) is 0. The summed E-state index contributed by atoms with van der Waals surface area (Å²) in [5.41, 5.74) is -2.50. The molecule has 7 heteroatoms. The van der Waals surface area contributed by atoms with Crippen molar-refractivity contribution >= 4 is 17.7 Å². The van der Waals surface area contributed by atoms with Crippen LogP contribution in [0, 0.1) is 11.8 Å². The Morgan fingerprint density at radius 3 is 2.52 bits per heavy atom. The summed E-state index contributed by atoms with van der Waals surface area (Å²) in [6, 6.07) is -0.697. The Morgan fingerprint density at radius 1 is 1.23 bits per heavy atom. The number of hydrogen-bond donors (Lipinski definition) is 2. The number of fused-ring (bicyclic) bond motifs is 1. The van der Waals surface area contributed by atoms with Gasteiger partial charge in [-0.15, -0.1) is 6.58 Å². The van der Waals surface area contributed by atoms with Gasteiger partial charge in [0.1, 0.15) is 11.6 Å². The smallest absolute Gasteiger partial charge is 0.246 e. The standard InChI is InChI=1S/C24H35N3O4/c1-6-14-27-18(20(29)26-22(2,3)4)24-13-12-23(5,31-24)16(17(24)21(27)30)19(28)25-15-10-8-7-9-11-15/h6,12-13,15-18H,1,7-11,14H2,2-5H3,(H,25,28)(H,26,29)/t16-,17-,18-,23+,24-/m0/s1. The maximum atomic E-state index is 13.6. The minimum absolute atomic E-state index is 0.143. The molecule has 2 saturated heterocycles. The summed E-state index contributed by atoms with van der Waals surface area (Å²) in [5.74, 6) is -2.01. The average molecular weight is 430 g/mol. The van der Waals surface area contributed by atoms with Gasteiger partial charge in [0.25, 0.3) is 0 Å². The first-order chi connectivity index (χ1) is 14.5. The van der Waals surface area contributed by atoms with E-state index in [4.69, 9.17) is 4.74 Å². The van der Waals surface area contributed by atoms with Gasteiger partial charge in [-0.2, -0.15) is 0 Å². The number of ether oxygens (including phenoxy) is 1. The Morgan fingerprint density at radius 2 is 1.90 bits per heavy atom. The summed E-state index contributed by atoms with van der Waals surface area (Å²) >= 11 is 0. The maximum Gasteiger partial charge on any atom is 0.246 e. The number of likely N-dealkylation sites (tertiary alicyclic amines) is 1. The van der Waals surface area contributed by atoms with Crippen molar-refractivity contribution in [3.8, 4) is 0 Å². The van der Waals surface area contributed by atoms with Crippen molar-refractivity contribution in [2.75, 3.05) is 6.54 Å². The molecule has 170 valence electrons. The van der Waals surface area contributed by atoms with E-state index in [-0.39, 0.29) is 30.3 Å². The van der Waals surface area contributed by atoms with Gasteiger partial charge >= 0.3 is 0 Å². The van der Waals surface area contributed by atoms with Crippen LogP contribution in [-0.4, -0.2) is 58.0 Å². The molecular formula is C24H35N3O4. The van der Waals surface area contributed by atoms with E-state index < -0.39 is 34.6 Å². The Labute approximate surface area is 184 Å². The lowest BCUT2D eigenvalue weighted by molar-refractivity contribution is -0.145. The molecule has 0 aromatic heterocycles. The molecule has 4 rings (SSSR count). The number of rotatable bonds is 5. The Hall–Kier alpha value is -2.15. The fourth-order valence-electron chi connectivity index (χ4n) is 5.94. The number of amides is 3. The van der Waals surface area contributed by atoms with E-state index in [1.54, 1.807) is 6.08 Å². The van der Waals surface area contributed by atoms with Gasteiger partial charge in [0, 0.05) is 18.1 Å². The third-order valence-electron chi connectivity index (χ3n) is 7.10. The highest BCUT2D eigenvalue weighted by Gasteiger charge is 2.76. The monoisotopic (exact) mass is 429 g/mol. The number of nitrogens with one attached hydrogen (secondary N) is 2. The highest BCUT2D eigenvalue weighted by molar-refractivity contribution is 6.00. The van der Waals surface area contributed by atoms with Gasteiger partial charge in [0.05, 0.1) is 17.4 Å². The highest BCUT2D eigenvalue weighted by Crippen LogP contribution is 2.59. The zero-order valence-corrected chi connectivity index (χ0v) is 19.1. The topological polar surface area (TPSA) is 87.7 Å². The molecule has 4 aliphatic rings. The molecule has 2 N–H and O–H groups in total. The predicted octanol–water partition coefficient (Wildman–Crippen LogP) is 2.08. The summed E-state index contributed by atoms with van der Waals surface area (Å²) in [5, 5.41) is 6.19. The third-order valence-corrected chi connectivity index (χ3v) is 7.10. The predicted molar refractivity (Wildman–Crippen MR) is 117 cm³/mol. The van der Waals surface area contributed by atoms with Crippen molar-refractivity contribution in [1.82, 2.24) is 15.5 Å². The summed E-state index contributed by atoms with van der Waals surface area (Å²) < 4.78 is 6.46. The van der Waals surface area contributed by atoms with Crippen LogP contribution in [0.3, 0.4) is 0 Å². The van der Waals surface area contributed by atoms with Gasteiger partial charge in [0.15, 0.2) is 0 Å². The van der Waals surface area contributed by atoms with Crippen LogP contribution in [0.25, 0.3) is 0 Å². The van der Waals surface area contributed by atoms with E-state index in [1.165, 1.54) is 11.3 Å². The van der Waals surface area contributed by atoms with Gasteiger partial charge in [-0.1, -0.05) is 37.5 Å². The molecule has 2 bridgehead atoms. The zero-order chi connectivity index (χ0) is 22.6. The number of hydrogen-bond acceptors (Lipinski definition) is 4. The lowest BCUT2D eigenvalue weighted by Gasteiger charge is -2.34. The molecule has 7 nitrogen and oxygen atoms in total. The summed E-state index contributed by atoms with van der Waals surface area (Å²) in [6.45, 7) is 11.5. The maximum absolute atomic E-state index is 13.6. The lowest BCUT2D eigenvalue weighted by atomic mass is 9.70. The van der Waals surface area contributed by atoms with Crippen molar-refractivity contribution in [1.29, 1.82) is 0 Å². The molecule has 0 aromatic rings. The van der Waals surface area contributed by atoms with E-state index in [0.29, 0.717) is 0 Å². The molecule has 1 saturated carbocycles. The van der Waals surface area contributed by atoms with Crippen LogP contribution < -0.4 is 10.6 Å². The molecule has 0 radical (unpaired) electrons. The highest BCUT2D eigenvalue weighted by atomic mass is 16.5. The van der Waals surface area contributed by atoms with Crippen LogP contribution in [-0.2, 0) is 19.1 Å². The van der Waals surface area contributed by atoms with Crippen molar-refractivity contribution in [3.63, 3.8) is 0 Å². The molecule has 5 atom stereocenters. The van der Waals surface area contributed by atoms with E-state index in [1.807, 2.05) is 39.8 Å². The molecule has 0 unspecified atom stereocenters. The molecule has 3 fully saturated rings. The minimum Gasteiger partial charge on any atom is -0.356 e. The number of nitrogens with zero attached hydrogens (tertiary/aromatic N) is 1. The van der Waals surface area contributed by atoms with Gasteiger partial charge in [-0.3, -0.25) is 14.4 Å². The summed E-state index contributed by atoms with van der Waals surface area (Å²) in [6.07, 6.45) is 10.7. The van der Waals surface area contributed by atoms with Crippen LogP contribution >= 0.6 is 0 Å². The van der Waals surface area contributed by atoms with E-state index >= 15 is 0 Å². The van der Waals surface area contributed by atoms with Crippen molar-refractivity contribution in [2.45, 2.75) is 88.6 Å². The van der Waals surface area contributed by atoms with Crippen molar-refractivity contribution in [2.24, 2.45) is 11.8 Å². The quantitative estimate of drug-likeness (QED) is 0.655. The second-order valence-electron chi connectivity index (χ2n) is 10.7. The normalized spacial score (nSPS) is 37.1. The SMILES string of the molecule is C=CCN1C(=O)[C@@H]2[C@@H](C(=O)NC3CCCCC3)[C@@]3(C)C=C[C@@]2(O3)[C@@H]1C(=O)NC(C)(C)C. The average Bonchev–Trinajstić information content (AvgIpc) is 3.23. The Bertz CT molecular complexity index is 825. The van der Waals surface area contributed by atoms with Crippen LogP contribution in [0.1, 0.15) is 59.8 Å². The van der Waals surface area contributed by atoms with Gasteiger partial charge in [0.2, 0.25) is 17.7 Å². The molecule has 3 aliphatic heterocycles. The minimum atomic E-state index is -1.14. The van der Waals surface area contributed by atoms with Gasteiger partial charge in [-0.25, -0.2) is 0 Å². The molecular weight excluding hydrogens is 394 g/mol. The Balaban J connectivity index is 1.68. The molecule has 31 heavy (non-hydrogen) atoms. The molecule has 1 aliphatic carbocycles. The van der Waals surface area contributed by atoms with E-state index in [9.17, 15) is 14.4 Å². The second-order valence-corrected chi connectivity index (χ2v) is 10.7. The van der Waals surface area contributed by atoms with Crippen molar-refractivity contribution in [3.05, 3.63) is 24.8 Å². The van der Waals surface area contributed by atoms with Crippen LogP contribution in [0.2, 0.25) is 0 Å². The van der Waals surface area contributed by atoms with Gasteiger partial charge < -0.3 is 20.3 Å². The Kier molecular flexibility index (Phi) is 5.31. The second kappa shape index (κ2) is 7.47. The van der Waals surface area contributed by atoms with Crippen LogP contribution in [0.5, 0.6) is 0 Å². The lowest BCUT2D eigenvalue weighted by Crippen LogP contribution is -2.58. The number of carbonyl (C=O) groups is 3. The summed E-state index contributed by atoms with van der Waals surface area (Å²) in [4.78, 5) is 41.9. The molecule has 1 spiro atoms. The van der Waals surface area contributed by atoms with E-state index in [0.717, 1.165) is 25.7 Å². The fourth-order valence-corrected chi connectivity index (χ4v) is 5.94. The number of carbonyl (C=O) groups excluding carboxylic acids is 3. The molecule has 3 amide bonds. The molecule has 0 aromatic carbocycles. The van der Waals surface area contributed by atoms with E-state index in [2.05, 4.69) is 17.2 Å². The largest absolute Gasteiger partial charge is 0.356 e. The first kappa shape index (κ1) is 22.1. The zero-order valence-electron chi connectivity index (χ0n) is 19.1. The third kappa shape index (κ3) is 3.51. The first-order valence-corrected chi connectivity index (χ1v) is 11.5. The van der Waals surface area contributed by atoms with Gasteiger partial charge in [-0.05, 0) is 40.5 Å². The first-order valence-electron chi connectivity index (χ1n) is 11.5. The van der Waals surface area contributed by atoms with Crippen molar-refractivity contribution < 1.29 is 19.1 Å². The van der Waals surface area contributed by atoms with Crippen LogP contribution in [0.4, 0.5) is 0 Å². The molecule has 3 heterocycles. The van der Waals surface area contributed by atoms with Crippen LogP contribution in [0.15, 0.2) is 24.8 Å². The fraction of sp³-hybridized carbons (Fsp3) is 0.708.